The summed E-state index contributed by atoms with van der Waals surface area (Å²) in [5.74, 6) is -0.0300. The molecule has 3 N–H and O–H groups in total. The third-order valence-corrected chi connectivity index (χ3v) is 3.72. The summed E-state index contributed by atoms with van der Waals surface area (Å²) in [5.41, 5.74) is 5.81. The largest absolute Gasteiger partial charge is 0.344 e. The quantitative estimate of drug-likeness (QED) is 0.767. The van der Waals surface area contributed by atoms with Crippen molar-refractivity contribution in [1.29, 1.82) is 0 Å². The molecule has 5 heteroatoms. The lowest BCUT2D eigenvalue weighted by Gasteiger charge is -2.27. The molecule has 0 spiro atoms. The first kappa shape index (κ1) is 15.0. The van der Waals surface area contributed by atoms with Crippen molar-refractivity contribution in [3.05, 3.63) is 0 Å². The van der Waals surface area contributed by atoms with E-state index in [1.165, 1.54) is 0 Å². The molecule has 0 aromatic rings. The van der Waals surface area contributed by atoms with E-state index in [4.69, 9.17) is 5.73 Å². The molecule has 1 rings (SSSR count). The van der Waals surface area contributed by atoms with Gasteiger partial charge in [-0.2, -0.15) is 0 Å². The Bertz CT molecular complexity index is 299. The molecule has 0 aromatic heterocycles. The van der Waals surface area contributed by atoms with Gasteiger partial charge < -0.3 is 16.0 Å². The van der Waals surface area contributed by atoms with E-state index in [2.05, 4.69) is 5.32 Å². The van der Waals surface area contributed by atoms with E-state index < -0.39 is 6.04 Å². The van der Waals surface area contributed by atoms with Gasteiger partial charge in [0.05, 0.1) is 0 Å². The van der Waals surface area contributed by atoms with Crippen molar-refractivity contribution in [1.82, 2.24) is 10.2 Å². The molecule has 104 valence electrons. The zero-order valence-corrected chi connectivity index (χ0v) is 11.6. The highest BCUT2D eigenvalue weighted by molar-refractivity contribution is 5.88. The monoisotopic (exact) mass is 255 g/mol. The van der Waals surface area contributed by atoms with Crippen molar-refractivity contribution in [2.45, 2.75) is 51.6 Å². The van der Waals surface area contributed by atoms with Crippen LogP contribution in [0.1, 0.15) is 39.5 Å². The van der Waals surface area contributed by atoms with Gasteiger partial charge in [0.25, 0.3) is 0 Å². The first-order chi connectivity index (χ1) is 8.45. The number of rotatable bonds is 4. The van der Waals surface area contributed by atoms with E-state index in [-0.39, 0.29) is 23.8 Å². The third kappa shape index (κ3) is 3.98. The second-order valence-electron chi connectivity index (χ2n) is 5.19. The molecule has 18 heavy (non-hydrogen) atoms. The molecule has 0 heterocycles. The molecular weight excluding hydrogens is 230 g/mol. The molecule has 1 fully saturated rings. The van der Waals surface area contributed by atoms with E-state index in [0.717, 1.165) is 25.7 Å². The number of likely N-dealkylation sites (N-methyl/N-ethyl adjacent to an activating group) is 1. The Morgan fingerprint density at radius 3 is 2.39 bits per heavy atom. The summed E-state index contributed by atoms with van der Waals surface area (Å²) in [5, 5.41) is 2.81. The van der Waals surface area contributed by atoms with Crippen LogP contribution in [0.25, 0.3) is 0 Å². The second-order valence-corrected chi connectivity index (χ2v) is 5.19. The van der Waals surface area contributed by atoms with Crippen molar-refractivity contribution in [2.75, 3.05) is 13.6 Å². The SMILES string of the molecule is CCN(C)C(=O)C(C)NC(=O)C1CCC(N)CC1. The highest BCUT2D eigenvalue weighted by atomic mass is 16.2. The summed E-state index contributed by atoms with van der Waals surface area (Å²) in [6, 6.07) is -0.211. The minimum absolute atomic E-state index is 0.00717. The van der Waals surface area contributed by atoms with Gasteiger partial charge in [0.15, 0.2) is 0 Å². The van der Waals surface area contributed by atoms with Gasteiger partial charge >= 0.3 is 0 Å². The molecule has 1 aliphatic carbocycles. The van der Waals surface area contributed by atoms with Crippen LogP contribution in [0.5, 0.6) is 0 Å². The maximum atomic E-state index is 12.0. The Labute approximate surface area is 109 Å². The fraction of sp³-hybridized carbons (Fsp3) is 0.846. The Balaban J connectivity index is 2.42. The van der Waals surface area contributed by atoms with Gasteiger partial charge in [0, 0.05) is 25.6 Å². The number of amides is 2. The number of nitrogens with one attached hydrogen (secondary N) is 1. The first-order valence-electron chi connectivity index (χ1n) is 6.76. The lowest BCUT2D eigenvalue weighted by atomic mass is 9.86. The maximum absolute atomic E-state index is 12.0. The zero-order valence-electron chi connectivity index (χ0n) is 11.6. The fourth-order valence-electron chi connectivity index (χ4n) is 2.26. The molecule has 1 unspecified atom stereocenters. The average Bonchev–Trinajstić information content (AvgIpc) is 2.37. The van der Waals surface area contributed by atoms with Crippen molar-refractivity contribution in [3.63, 3.8) is 0 Å². The number of hydrogen-bond donors (Lipinski definition) is 2. The van der Waals surface area contributed by atoms with Crippen molar-refractivity contribution >= 4 is 11.8 Å². The molecule has 1 aliphatic rings. The molecular formula is C13H25N3O2. The Morgan fingerprint density at radius 1 is 1.33 bits per heavy atom. The van der Waals surface area contributed by atoms with Crippen molar-refractivity contribution < 1.29 is 9.59 Å². The number of nitrogens with two attached hydrogens (primary N) is 1. The average molecular weight is 255 g/mol. The van der Waals surface area contributed by atoms with E-state index in [0.29, 0.717) is 6.54 Å². The lowest BCUT2D eigenvalue weighted by molar-refractivity contribution is -0.136. The topological polar surface area (TPSA) is 75.4 Å². The van der Waals surface area contributed by atoms with Gasteiger partial charge in [0.1, 0.15) is 6.04 Å². The number of carbonyl (C=O) groups is 2. The molecule has 0 radical (unpaired) electrons. The van der Waals surface area contributed by atoms with Crippen LogP contribution in [-0.4, -0.2) is 42.4 Å². The van der Waals surface area contributed by atoms with Gasteiger partial charge in [-0.05, 0) is 39.5 Å². The van der Waals surface area contributed by atoms with Crippen LogP contribution in [0.15, 0.2) is 0 Å². The molecule has 0 bridgehead atoms. The van der Waals surface area contributed by atoms with Gasteiger partial charge in [-0.1, -0.05) is 0 Å². The second kappa shape index (κ2) is 6.73. The number of carbonyl (C=O) groups excluding carboxylic acids is 2. The van der Waals surface area contributed by atoms with Crippen LogP contribution in [0, 0.1) is 5.92 Å². The smallest absolute Gasteiger partial charge is 0.244 e. The predicted molar refractivity (Wildman–Crippen MR) is 70.8 cm³/mol. The van der Waals surface area contributed by atoms with E-state index in [1.54, 1.807) is 18.9 Å². The molecule has 0 aromatic carbocycles. The van der Waals surface area contributed by atoms with Crippen LogP contribution < -0.4 is 11.1 Å². The minimum atomic E-state index is -0.446. The molecule has 0 aliphatic heterocycles. The Hall–Kier alpha value is -1.10. The maximum Gasteiger partial charge on any atom is 0.244 e. The van der Waals surface area contributed by atoms with Crippen LogP contribution in [0.4, 0.5) is 0 Å². The van der Waals surface area contributed by atoms with Crippen LogP contribution in [-0.2, 0) is 9.59 Å². The predicted octanol–water partition coefficient (Wildman–Crippen LogP) is 0.487. The van der Waals surface area contributed by atoms with Gasteiger partial charge in [-0.25, -0.2) is 0 Å². The normalized spacial score (nSPS) is 25.3. The standard InChI is InChI=1S/C13H25N3O2/c1-4-16(3)13(18)9(2)15-12(17)10-5-7-11(14)8-6-10/h9-11H,4-8,14H2,1-3H3,(H,15,17). The molecule has 5 nitrogen and oxygen atoms in total. The van der Waals surface area contributed by atoms with E-state index in [9.17, 15) is 9.59 Å². The summed E-state index contributed by atoms with van der Waals surface area (Å²) < 4.78 is 0. The Morgan fingerprint density at radius 2 is 1.89 bits per heavy atom. The summed E-state index contributed by atoms with van der Waals surface area (Å²) >= 11 is 0. The molecule has 1 saturated carbocycles. The highest BCUT2D eigenvalue weighted by Gasteiger charge is 2.27. The van der Waals surface area contributed by atoms with Crippen LogP contribution in [0.2, 0.25) is 0 Å². The molecule has 2 amide bonds. The number of hydrogen-bond acceptors (Lipinski definition) is 3. The van der Waals surface area contributed by atoms with E-state index in [1.807, 2.05) is 6.92 Å². The highest BCUT2D eigenvalue weighted by Crippen LogP contribution is 2.23. The first-order valence-corrected chi connectivity index (χ1v) is 6.76. The summed E-state index contributed by atoms with van der Waals surface area (Å²) in [6.07, 6.45) is 3.46. The van der Waals surface area contributed by atoms with Crippen LogP contribution in [0.3, 0.4) is 0 Å². The molecule has 0 saturated heterocycles. The van der Waals surface area contributed by atoms with Gasteiger partial charge in [-0.15, -0.1) is 0 Å². The summed E-state index contributed by atoms with van der Waals surface area (Å²) in [4.78, 5) is 25.5. The minimum Gasteiger partial charge on any atom is -0.344 e. The molecule has 1 atom stereocenters. The van der Waals surface area contributed by atoms with Gasteiger partial charge in [-0.3, -0.25) is 9.59 Å². The van der Waals surface area contributed by atoms with Crippen LogP contribution >= 0.6 is 0 Å². The summed E-state index contributed by atoms with van der Waals surface area (Å²) in [6.45, 7) is 4.30. The lowest BCUT2D eigenvalue weighted by Crippen LogP contribution is -2.48. The Kier molecular flexibility index (Phi) is 5.59. The van der Waals surface area contributed by atoms with Crippen molar-refractivity contribution in [2.24, 2.45) is 11.7 Å². The zero-order chi connectivity index (χ0) is 13.7. The fourth-order valence-corrected chi connectivity index (χ4v) is 2.26. The third-order valence-electron chi connectivity index (χ3n) is 3.72. The van der Waals surface area contributed by atoms with Crippen molar-refractivity contribution in [3.8, 4) is 0 Å². The van der Waals surface area contributed by atoms with E-state index >= 15 is 0 Å². The summed E-state index contributed by atoms with van der Waals surface area (Å²) in [7, 11) is 1.74. The van der Waals surface area contributed by atoms with Gasteiger partial charge in [0.2, 0.25) is 11.8 Å². The number of nitrogens with zero attached hydrogens (tertiary/aromatic N) is 1.